The second kappa shape index (κ2) is 6.10. The van der Waals surface area contributed by atoms with Crippen LogP contribution < -0.4 is 10.0 Å². The maximum atomic E-state index is 12.1. The Bertz CT molecular complexity index is 660. The molecular weight excluding hydrogens is 280 g/mol. The van der Waals surface area contributed by atoms with Crippen LogP contribution in [-0.2, 0) is 23.6 Å². The molecule has 0 fully saturated rings. The van der Waals surface area contributed by atoms with E-state index in [2.05, 4.69) is 22.1 Å². The van der Waals surface area contributed by atoms with Gasteiger partial charge in [0.2, 0.25) is 5.09 Å². The maximum absolute atomic E-state index is 12.1. The standard InChI is InChI=1S/C12H18N4O3S/c1-3-6-13-8-11-4-5-12(19-11)20(17,18)15-10-7-14-16(2)9-10/h4-5,7,9,13,15H,3,6,8H2,1-2H3. The Balaban J connectivity index is 2.06. The molecular formula is C12H18N4O3S. The maximum Gasteiger partial charge on any atom is 0.295 e. The van der Waals surface area contributed by atoms with Crippen molar-refractivity contribution < 1.29 is 12.8 Å². The molecule has 0 saturated heterocycles. The molecule has 7 nitrogen and oxygen atoms in total. The molecule has 8 heteroatoms. The zero-order valence-electron chi connectivity index (χ0n) is 11.5. The van der Waals surface area contributed by atoms with Gasteiger partial charge in [0, 0.05) is 13.2 Å². The zero-order chi connectivity index (χ0) is 14.6. The van der Waals surface area contributed by atoms with Crippen LogP contribution >= 0.6 is 0 Å². The summed E-state index contributed by atoms with van der Waals surface area (Å²) < 4.78 is 33.4. The molecule has 20 heavy (non-hydrogen) atoms. The van der Waals surface area contributed by atoms with Crippen molar-refractivity contribution in [1.82, 2.24) is 15.1 Å². The summed E-state index contributed by atoms with van der Waals surface area (Å²) in [6.45, 7) is 3.43. The molecule has 2 heterocycles. The second-order valence-corrected chi connectivity index (χ2v) is 6.02. The largest absolute Gasteiger partial charge is 0.446 e. The van der Waals surface area contributed by atoms with Crippen LogP contribution in [0.5, 0.6) is 0 Å². The van der Waals surface area contributed by atoms with Gasteiger partial charge in [0.05, 0.1) is 18.4 Å². The van der Waals surface area contributed by atoms with Crippen molar-refractivity contribution in [2.24, 2.45) is 7.05 Å². The second-order valence-electron chi connectivity index (χ2n) is 4.41. The Morgan fingerprint density at radius 2 is 2.20 bits per heavy atom. The quantitative estimate of drug-likeness (QED) is 0.752. The Morgan fingerprint density at radius 3 is 2.85 bits per heavy atom. The number of hydrogen-bond acceptors (Lipinski definition) is 5. The van der Waals surface area contributed by atoms with E-state index >= 15 is 0 Å². The SMILES string of the molecule is CCCNCc1ccc(S(=O)(=O)Nc2cnn(C)c2)o1. The number of hydrogen-bond donors (Lipinski definition) is 2. The highest BCUT2D eigenvalue weighted by Gasteiger charge is 2.19. The highest BCUT2D eigenvalue weighted by atomic mass is 32.2. The van der Waals surface area contributed by atoms with E-state index in [4.69, 9.17) is 4.42 Å². The van der Waals surface area contributed by atoms with Crippen molar-refractivity contribution in [1.29, 1.82) is 0 Å². The van der Waals surface area contributed by atoms with Crippen molar-refractivity contribution in [2.45, 2.75) is 25.0 Å². The number of anilines is 1. The normalized spacial score (nSPS) is 11.7. The fourth-order valence-electron chi connectivity index (χ4n) is 1.67. The van der Waals surface area contributed by atoms with Crippen molar-refractivity contribution >= 4 is 15.7 Å². The predicted molar refractivity (Wildman–Crippen MR) is 74.7 cm³/mol. The van der Waals surface area contributed by atoms with E-state index in [9.17, 15) is 8.42 Å². The van der Waals surface area contributed by atoms with Gasteiger partial charge in [-0.25, -0.2) is 0 Å². The van der Waals surface area contributed by atoms with Gasteiger partial charge >= 0.3 is 0 Å². The van der Waals surface area contributed by atoms with E-state index in [1.165, 1.54) is 16.9 Å². The molecule has 2 rings (SSSR count). The van der Waals surface area contributed by atoms with E-state index in [1.807, 2.05) is 0 Å². The molecule has 0 aliphatic rings. The molecule has 0 aliphatic carbocycles. The highest BCUT2D eigenvalue weighted by Crippen LogP contribution is 2.17. The summed E-state index contributed by atoms with van der Waals surface area (Å²) in [5.74, 6) is 0.588. The first-order valence-corrected chi connectivity index (χ1v) is 7.80. The lowest BCUT2D eigenvalue weighted by atomic mass is 10.4. The summed E-state index contributed by atoms with van der Waals surface area (Å²) in [7, 11) is -2.00. The molecule has 0 aliphatic heterocycles. The molecule has 2 aromatic rings. The molecule has 0 radical (unpaired) electrons. The number of furan rings is 1. The Hall–Kier alpha value is -1.80. The monoisotopic (exact) mass is 298 g/mol. The highest BCUT2D eigenvalue weighted by molar-refractivity contribution is 7.92. The minimum absolute atomic E-state index is 0.102. The van der Waals surface area contributed by atoms with Crippen molar-refractivity contribution in [3.63, 3.8) is 0 Å². The van der Waals surface area contributed by atoms with Crippen molar-refractivity contribution in [3.05, 3.63) is 30.3 Å². The summed E-state index contributed by atoms with van der Waals surface area (Å²) >= 11 is 0. The van der Waals surface area contributed by atoms with E-state index in [1.54, 1.807) is 19.3 Å². The van der Waals surface area contributed by atoms with E-state index in [-0.39, 0.29) is 5.09 Å². The lowest BCUT2D eigenvalue weighted by Gasteiger charge is -2.02. The van der Waals surface area contributed by atoms with E-state index in [0.717, 1.165) is 13.0 Å². The third-order valence-electron chi connectivity index (χ3n) is 2.58. The van der Waals surface area contributed by atoms with Gasteiger partial charge in [0.25, 0.3) is 10.0 Å². The van der Waals surface area contributed by atoms with E-state index in [0.29, 0.717) is 18.0 Å². The van der Waals surface area contributed by atoms with Gasteiger partial charge in [-0.1, -0.05) is 6.92 Å². The van der Waals surface area contributed by atoms with Crippen molar-refractivity contribution in [3.8, 4) is 0 Å². The Labute approximate surface area is 118 Å². The first-order chi connectivity index (χ1) is 9.51. The van der Waals surface area contributed by atoms with Crippen LogP contribution in [0.3, 0.4) is 0 Å². The van der Waals surface area contributed by atoms with Gasteiger partial charge in [-0.2, -0.15) is 13.5 Å². The summed E-state index contributed by atoms with van der Waals surface area (Å²) in [5, 5.41) is 6.94. The first-order valence-electron chi connectivity index (χ1n) is 6.32. The third-order valence-corrected chi connectivity index (χ3v) is 3.84. The number of aromatic nitrogens is 2. The summed E-state index contributed by atoms with van der Waals surface area (Å²) in [4.78, 5) is 0. The molecule has 0 aromatic carbocycles. The van der Waals surface area contributed by atoms with Crippen molar-refractivity contribution in [2.75, 3.05) is 11.3 Å². The van der Waals surface area contributed by atoms with Crippen LogP contribution in [-0.4, -0.2) is 24.7 Å². The zero-order valence-corrected chi connectivity index (χ0v) is 12.3. The van der Waals surface area contributed by atoms with Gasteiger partial charge in [-0.05, 0) is 25.1 Å². The molecule has 2 N–H and O–H groups in total. The summed E-state index contributed by atoms with van der Waals surface area (Å²) in [6, 6.07) is 3.10. The van der Waals surface area contributed by atoms with Crippen LogP contribution in [0.2, 0.25) is 0 Å². The van der Waals surface area contributed by atoms with Gasteiger partial charge in [0.1, 0.15) is 5.76 Å². The van der Waals surface area contributed by atoms with Gasteiger partial charge in [0.15, 0.2) is 0 Å². The molecule has 110 valence electrons. The molecule has 0 atom stereocenters. The molecule has 2 aromatic heterocycles. The van der Waals surface area contributed by atoms with Crippen LogP contribution in [0, 0.1) is 0 Å². The lowest BCUT2D eigenvalue weighted by Crippen LogP contribution is -2.13. The molecule has 0 amide bonds. The van der Waals surface area contributed by atoms with Crippen LogP contribution in [0.15, 0.2) is 34.0 Å². The number of aryl methyl sites for hydroxylation is 1. The van der Waals surface area contributed by atoms with Crippen LogP contribution in [0.1, 0.15) is 19.1 Å². The molecule has 0 saturated carbocycles. The van der Waals surface area contributed by atoms with Crippen LogP contribution in [0.25, 0.3) is 0 Å². The third kappa shape index (κ3) is 3.61. The smallest absolute Gasteiger partial charge is 0.295 e. The average Bonchev–Trinajstić information content (AvgIpc) is 2.99. The van der Waals surface area contributed by atoms with Gasteiger partial charge in [-0.15, -0.1) is 0 Å². The lowest BCUT2D eigenvalue weighted by molar-refractivity contribution is 0.403. The summed E-state index contributed by atoms with van der Waals surface area (Å²) in [6.07, 6.45) is 4.02. The van der Waals surface area contributed by atoms with Crippen LogP contribution in [0.4, 0.5) is 5.69 Å². The number of nitrogens with zero attached hydrogens (tertiary/aromatic N) is 2. The minimum atomic E-state index is -3.71. The minimum Gasteiger partial charge on any atom is -0.446 e. The molecule has 0 bridgehead atoms. The van der Waals surface area contributed by atoms with E-state index < -0.39 is 10.0 Å². The van der Waals surface area contributed by atoms with Gasteiger partial charge < -0.3 is 9.73 Å². The fourth-order valence-corrected chi connectivity index (χ4v) is 2.65. The topological polar surface area (TPSA) is 89.2 Å². The van der Waals surface area contributed by atoms with Gasteiger partial charge in [-0.3, -0.25) is 9.40 Å². The Morgan fingerprint density at radius 1 is 1.40 bits per heavy atom. The Kier molecular flexibility index (Phi) is 4.46. The number of rotatable bonds is 7. The number of nitrogens with one attached hydrogen (secondary N) is 2. The number of sulfonamides is 1. The first kappa shape index (κ1) is 14.6. The predicted octanol–water partition coefficient (Wildman–Crippen LogP) is 1.31. The summed E-state index contributed by atoms with van der Waals surface area (Å²) in [5.41, 5.74) is 0.398. The fraction of sp³-hybridized carbons (Fsp3) is 0.417. The molecule has 0 spiro atoms. The molecule has 0 unspecified atom stereocenters. The average molecular weight is 298 g/mol.